The summed E-state index contributed by atoms with van der Waals surface area (Å²) >= 11 is 0. The van der Waals surface area contributed by atoms with Crippen LogP contribution in [0.4, 0.5) is 0 Å². The fourth-order valence-corrected chi connectivity index (χ4v) is 3.22. The molecule has 15 heavy (non-hydrogen) atoms. The second-order valence-electron chi connectivity index (χ2n) is 5.00. The summed E-state index contributed by atoms with van der Waals surface area (Å²) in [4.78, 5) is 2.26. The fraction of sp³-hybridized carbons (Fsp3) is 0.917. The predicted octanol–water partition coefficient (Wildman–Crippen LogP) is 1.24. The number of hydrogen-bond donors (Lipinski definition) is 1. The Morgan fingerprint density at radius 2 is 2.20 bits per heavy atom. The van der Waals surface area contributed by atoms with Crippen LogP contribution in [0.25, 0.3) is 0 Å². The Morgan fingerprint density at radius 3 is 2.67 bits per heavy atom. The zero-order valence-electron chi connectivity index (χ0n) is 9.45. The van der Waals surface area contributed by atoms with Gasteiger partial charge in [-0.25, -0.2) is 0 Å². The summed E-state index contributed by atoms with van der Waals surface area (Å²) in [5, 5.41) is 18.2. The van der Waals surface area contributed by atoms with Gasteiger partial charge < -0.3 is 5.11 Å². The molecule has 1 aliphatic carbocycles. The minimum absolute atomic E-state index is 0.197. The number of nitrogens with zero attached hydrogens (tertiary/aromatic N) is 2. The second kappa shape index (κ2) is 4.11. The first-order valence-electron chi connectivity index (χ1n) is 5.99. The van der Waals surface area contributed by atoms with Crippen LogP contribution in [0.5, 0.6) is 0 Å². The van der Waals surface area contributed by atoms with E-state index in [1.54, 1.807) is 0 Å². The lowest BCUT2D eigenvalue weighted by Gasteiger charge is -2.41. The number of nitriles is 1. The van der Waals surface area contributed by atoms with Gasteiger partial charge in [-0.05, 0) is 24.2 Å². The lowest BCUT2D eigenvalue weighted by molar-refractivity contribution is 0.0550. The van der Waals surface area contributed by atoms with Crippen LogP contribution in [-0.2, 0) is 0 Å². The van der Waals surface area contributed by atoms with E-state index in [4.69, 9.17) is 5.11 Å². The van der Waals surface area contributed by atoms with Gasteiger partial charge in [0.05, 0.1) is 18.6 Å². The van der Waals surface area contributed by atoms with E-state index >= 15 is 0 Å². The maximum atomic E-state index is 9.23. The Kier molecular flexibility index (Phi) is 2.99. The molecule has 3 heteroatoms. The van der Waals surface area contributed by atoms with Crippen LogP contribution in [0.2, 0.25) is 0 Å². The zero-order chi connectivity index (χ0) is 10.9. The Morgan fingerprint density at radius 1 is 1.47 bits per heavy atom. The van der Waals surface area contributed by atoms with Crippen molar-refractivity contribution in [2.45, 2.75) is 26.2 Å². The molecule has 0 radical (unpaired) electrons. The van der Waals surface area contributed by atoms with Crippen molar-refractivity contribution in [3.63, 3.8) is 0 Å². The van der Waals surface area contributed by atoms with Crippen molar-refractivity contribution in [3.05, 3.63) is 0 Å². The number of β-amino-alcohol motifs (C(OH)–C–C–N with tert-alkyl or cyclic N) is 1. The van der Waals surface area contributed by atoms with Gasteiger partial charge in [0, 0.05) is 19.6 Å². The molecule has 84 valence electrons. The highest BCUT2D eigenvalue weighted by molar-refractivity contribution is 5.13. The summed E-state index contributed by atoms with van der Waals surface area (Å²) in [6.45, 7) is 5.11. The van der Waals surface area contributed by atoms with Crippen LogP contribution in [0.3, 0.4) is 0 Å². The monoisotopic (exact) mass is 208 g/mol. The van der Waals surface area contributed by atoms with Gasteiger partial charge in [-0.3, -0.25) is 4.90 Å². The van der Waals surface area contributed by atoms with E-state index in [0.717, 1.165) is 19.6 Å². The molecule has 0 aromatic carbocycles. The van der Waals surface area contributed by atoms with Crippen molar-refractivity contribution in [1.82, 2.24) is 4.90 Å². The third kappa shape index (κ3) is 1.77. The first kappa shape index (κ1) is 10.9. The Bertz CT molecular complexity index is 267. The summed E-state index contributed by atoms with van der Waals surface area (Å²) in [7, 11) is 0. The molecule has 0 aromatic rings. The maximum absolute atomic E-state index is 9.23. The highest BCUT2D eigenvalue weighted by atomic mass is 16.3. The van der Waals surface area contributed by atoms with Crippen molar-refractivity contribution in [1.29, 1.82) is 5.26 Å². The normalized spacial score (nSPS) is 33.9. The molecular weight excluding hydrogens is 188 g/mol. The molecule has 2 aliphatic rings. The van der Waals surface area contributed by atoms with Gasteiger partial charge in [0.25, 0.3) is 0 Å². The smallest absolute Gasteiger partial charge is 0.0675 e. The molecule has 2 fully saturated rings. The van der Waals surface area contributed by atoms with E-state index in [0.29, 0.717) is 11.3 Å². The third-order valence-electron chi connectivity index (χ3n) is 4.32. The van der Waals surface area contributed by atoms with Gasteiger partial charge in [0.2, 0.25) is 0 Å². The van der Waals surface area contributed by atoms with Gasteiger partial charge in [-0.1, -0.05) is 13.3 Å². The van der Waals surface area contributed by atoms with Crippen molar-refractivity contribution in [3.8, 4) is 6.07 Å². The summed E-state index contributed by atoms with van der Waals surface area (Å²) in [6.07, 6.45) is 3.66. The van der Waals surface area contributed by atoms with Crippen LogP contribution >= 0.6 is 0 Å². The van der Waals surface area contributed by atoms with Gasteiger partial charge in [0.1, 0.15) is 0 Å². The molecule has 2 unspecified atom stereocenters. The molecule has 1 aliphatic heterocycles. The highest BCUT2D eigenvalue weighted by Gasteiger charge is 2.56. The molecule has 1 spiro atoms. The third-order valence-corrected chi connectivity index (χ3v) is 4.32. The van der Waals surface area contributed by atoms with Crippen molar-refractivity contribution in [2.75, 3.05) is 26.2 Å². The molecule has 1 heterocycles. The molecular formula is C12H20N2O. The van der Waals surface area contributed by atoms with Gasteiger partial charge in [-0.15, -0.1) is 0 Å². The summed E-state index contributed by atoms with van der Waals surface area (Å²) in [5.41, 5.74) is 0.357. The molecule has 1 N–H and O–H groups in total. The average molecular weight is 208 g/mol. The van der Waals surface area contributed by atoms with E-state index < -0.39 is 0 Å². The number of hydrogen-bond acceptors (Lipinski definition) is 3. The highest BCUT2D eigenvalue weighted by Crippen LogP contribution is 2.60. The molecule has 1 saturated heterocycles. The number of rotatable bonds is 3. The summed E-state index contributed by atoms with van der Waals surface area (Å²) < 4.78 is 0. The summed E-state index contributed by atoms with van der Waals surface area (Å²) in [5.74, 6) is 0.866. The number of aliphatic hydroxyl groups is 1. The molecule has 2 atom stereocenters. The van der Waals surface area contributed by atoms with Gasteiger partial charge in [-0.2, -0.15) is 5.26 Å². The van der Waals surface area contributed by atoms with Crippen LogP contribution in [0.15, 0.2) is 0 Å². The molecule has 1 saturated carbocycles. The first-order valence-corrected chi connectivity index (χ1v) is 5.99. The van der Waals surface area contributed by atoms with Crippen LogP contribution in [0.1, 0.15) is 26.2 Å². The standard InChI is InChI=1S/C12H20N2O/c1-2-10-8-14(5-6-15)9-11(7-13)12(10)3-4-12/h10-11,15H,2-6,8-9H2,1H3. The van der Waals surface area contributed by atoms with E-state index in [1.165, 1.54) is 19.3 Å². The average Bonchev–Trinajstić information content (AvgIpc) is 3.02. The van der Waals surface area contributed by atoms with E-state index in [2.05, 4.69) is 17.9 Å². The number of aliphatic hydroxyl groups excluding tert-OH is 1. The minimum Gasteiger partial charge on any atom is -0.395 e. The Balaban J connectivity index is 2.08. The lowest BCUT2D eigenvalue weighted by atomic mass is 9.74. The molecule has 3 nitrogen and oxygen atoms in total. The topological polar surface area (TPSA) is 47.3 Å². The quantitative estimate of drug-likeness (QED) is 0.759. The van der Waals surface area contributed by atoms with E-state index in [-0.39, 0.29) is 12.5 Å². The second-order valence-corrected chi connectivity index (χ2v) is 5.00. The predicted molar refractivity (Wildman–Crippen MR) is 58.1 cm³/mol. The molecule has 0 aromatic heterocycles. The van der Waals surface area contributed by atoms with Gasteiger partial charge >= 0.3 is 0 Å². The Hall–Kier alpha value is -0.590. The molecule has 0 bridgehead atoms. The fourth-order valence-electron chi connectivity index (χ4n) is 3.22. The van der Waals surface area contributed by atoms with Crippen molar-refractivity contribution >= 4 is 0 Å². The number of piperidine rings is 1. The first-order chi connectivity index (χ1) is 7.26. The van der Waals surface area contributed by atoms with Crippen LogP contribution in [-0.4, -0.2) is 36.2 Å². The van der Waals surface area contributed by atoms with Crippen molar-refractivity contribution in [2.24, 2.45) is 17.3 Å². The minimum atomic E-state index is 0.197. The largest absolute Gasteiger partial charge is 0.395 e. The SMILES string of the molecule is CCC1CN(CCO)CC(C#N)C12CC2. The number of likely N-dealkylation sites (tertiary alicyclic amines) is 1. The molecule has 2 rings (SSSR count). The Labute approximate surface area is 91.7 Å². The lowest BCUT2D eigenvalue weighted by Crippen LogP contribution is -2.47. The molecule has 0 amide bonds. The van der Waals surface area contributed by atoms with Gasteiger partial charge in [0.15, 0.2) is 0 Å². The zero-order valence-corrected chi connectivity index (χ0v) is 9.45. The van der Waals surface area contributed by atoms with Crippen LogP contribution in [0, 0.1) is 28.6 Å². The van der Waals surface area contributed by atoms with E-state index in [1.807, 2.05) is 0 Å². The van der Waals surface area contributed by atoms with E-state index in [9.17, 15) is 5.26 Å². The summed E-state index contributed by atoms with van der Waals surface area (Å²) in [6, 6.07) is 2.49. The maximum Gasteiger partial charge on any atom is 0.0675 e. The van der Waals surface area contributed by atoms with Crippen LogP contribution < -0.4 is 0 Å². The van der Waals surface area contributed by atoms with Crippen molar-refractivity contribution < 1.29 is 5.11 Å².